The van der Waals surface area contributed by atoms with Crippen LogP contribution in [-0.2, 0) is 27.3 Å². The fourth-order valence-corrected chi connectivity index (χ4v) is 5.71. The summed E-state index contributed by atoms with van der Waals surface area (Å²) in [6, 6.07) is 15.6. The van der Waals surface area contributed by atoms with Gasteiger partial charge in [-0.15, -0.1) is 0 Å². The maximum Gasteiger partial charge on any atom is 0.250 e. The zero-order valence-electron chi connectivity index (χ0n) is 22.5. The average Bonchev–Trinajstić information content (AvgIpc) is 3.21. The summed E-state index contributed by atoms with van der Waals surface area (Å²) in [6.07, 6.45) is 3.86. The molecule has 1 saturated heterocycles. The second kappa shape index (κ2) is 13.0. The van der Waals surface area contributed by atoms with Gasteiger partial charge in [-0.25, -0.2) is 0 Å². The number of likely N-dealkylation sites (tertiary alicyclic amines) is 1. The number of hydrogen-bond acceptors (Lipinski definition) is 5. The molecule has 4 N–H and O–H groups in total. The monoisotopic (exact) mass is 520 g/mol. The van der Waals surface area contributed by atoms with E-state index < -0.39 is 12.5 Å². The van der Waals surface area contributed by atoms with Crippen LogP contribution in [0, 0.1) is 6.92 Å². The van der Waals surface area contributed by atoms with E-state index in [2.05, 4.69) is 41.1 Å². The minimum Gasteiger partial charge on any atom is -0.387 e. The van der Waals surface area contributed by atoms with Crippen molar-refractivity contribution in [3.05, 3.63) is 65.4 Å². The van der Waals surface area contributed by atoms with Gasteiger partial charge in [0.2, 0.25) is 11.8 Å². The van der Waals surface area contributed by atoms with Gasteiger partial charge in [0.1, 0.15) is 6.61 Å². The third-order valence-electron chi connectivity index (χ3n) is 7.48. The Morgan fingerprint density at radius 2 is 1.95 bits per heavy atom. The third-order valence-corrected chi connectivity index (χ3v) is 7.48. The number of benzene rings is 2. The number of piperidine rings is 1. The van der Waals surface area contributed by atoms with Gasteiger partial charge in [-0.05, 0) is 61.9 Å². The lowest BCUT2D eigenvalue weighted by molar-refractivity contribution is -0.132. The largest absolute Gasteiger partial charge is 0.387 e. The Morgan fingerprint density at radius 3 is 2.68 bits per heavy atom. The molecule has 2 heterocycles. The van der Waals surface area contributed by atoms with Crippen LogP contribution in [0.1, 0.15) is 48.4 Å². The van der Waals surface area contributed by atoms with Crippen molar-refractivity contribution in [2.75, 3.05) is 38.7 Å². The highest BCUT2D eigenvalue weighted by molar-refractivity contribution is 5.91. The quantitative estimate of drug-likeness (QED) is 0.335. The zero-order chi connectivity index (χ0) is 27.1. The Balaban J connectivity index is 1.41. The number of nitrogens with two attached hydrogens (primary N) is 1. The number of rotatable bonds is 11. The molecule has 0 bridgehead atoms. The van der Waals surface area contributed by atoms with E-state index in [4.69, 9.17) is 15.6 Å². The number of amides is 2. The average molecular weight is 521 g/mol. The molecule has 8 heteroatoms. The number of methoxy groups -OCH3 is 1. The molecule has 1 unspecified atom stereocenters. The number of fused-ring (bicyclic) bond motifs is 1. The second-order valence-corrected chi connectivity index (χ2v) is 10.3. The van der Waals surface area contributed by atoms with Crippen LogP contribution in [0.4, 0.5) is 5.69 Å². The fourth-order valence-electron chi connectivity index (χ4n) is 5.71. The van der Waals surface area contributed by atoms with E-state index in [9.17, 15) is 9.59 Å². The van der Waals surface area contributed by atoms with Crippen molar-refractivity contribution in [3.8, 4) is 0 Å². The summed E-state index contributed by atoms with van der Waals surface area (Å²) in [4.78, 5) is 26.6. The molecule has 1 fully saturated rings. The number of aliphatic hydroxyl groups is 1. The highest BCUT2D eigenvalue weighted by atomic mass is 16.5. The number of nitrogens with zero attached hydrogens (tertiary/aromatic N) is 2. The van der Waals surface area contributed by atoms with E-state index in [-0.39, 0.29) is 11.9 Å². The van der Waals surface area contributed by atoms with Gasteiger partial charge in [0, 0.05) is 74.0 Å². The van der Waals surface area contributed by atoms with Crippen LogP contribution < -0.4 is 11.1 Å². The summed E-state index contributed by atoms with van der Waals surface area (Å²) in [5.74, 6) is -0.0558. The molecule has 0 radical (unpaired) electrons. The van der Waals surface area contributed by atoms with Crippen molar-refractivity contribution in [3.63, 3.8) is 0 Å². The summed E-state index contributed by atoms with van der Waals surface area (Å²) >= 11 is 0. The highest BCUT2D eigenvalue weighted by Crippen LogP contribution is 2.36. The molecule has 0 saturated carbocycles. The van der Waals surface area contributed by atoms with E-state index in [1.165, 1.54) is 22.2 Å². The molecular weight excluding hydrogens is 480 g/mol. The first-order valence-electron chi connectivity index (χ1n) is 13.5. The van der Waals surface area contributed by atoms with Crippen molar-refractivity contribution in [1.82, 2.24) is 9.47 Å². The normalized spacial score (nSPS) is 16.5. The van der Waals surface area contributed by atoms with E-state index in [1.54, 1.807) is 19.2 Å². The molecule has 8 nitrogen and oxygen atoms in total. The molecule has 4 rings (SSSR count). The predicted octanol–water partition coefficient (Wildman–Crippen LogP) is 3.58. The smallest absolute Gasteiger partial charge is 0.250 e. The SMILES string of the molecule is COCCCn1c(C2CCCN(C(=O)C[C@H](N)Cc3ccc(NC(=O)CO)cc3)C2)c(C)c2ccccc21. The fraction of sp³-hybridized carbons (Fsp3) is 0.467. The van der Waals surface area contributed by atoms with Crippen LogP contribution in [0.15, 0.2) is 48.5 Å². The molecule has 2 amide bonds. The lowest BCUT2D eigenvalue weighted by atomic mass is 9.91. The highest BCUT2D eigenvalue weighted by Gasteiger charge is 2.29. The molecule has 3 aromatic rings. The van der Waals surface area contributed by atoms with Crippen LogP contribution >= 0.6 is 0 Å². The zero-order valence-corrected chi connectivity index (χ0v) is 22.5. The van der Waals surface area contributed by atoms with E-state index >= 15 is 0 Å². The Morgan fingerprint density at radius 1 is 1.18 bits per heavy atom. The molecule has 1 aromatic heterocycles. The van der Waals surface area contributed by atoms with Crippen LogP contribution in [-0.4, -0.2) is 65.8 Å². The van der Waals surface area contributed by atoms with Gasteiger partial charge >= 0.3 is 0 Å². The van der Waals surface area contributed by atoms with Gasteiger partial charge in [0.15, 0.2) is 0 Å². The lowest BCUT2D eigenvalue weighted by Crippen LogP contribution is -2.42. The van der Waals surface area contributed by atoms with Crippen molar-refractivity contribution >= 4 is 28.4 Å². The van der Waals surface area contributed by atoms with Gasteiger partial charge < -0.3 is 30.4 Å². The molecular formula is C30H40N4O4. The van der Waals surface area contributed by atoms with Gasteiger partial charge in [-0.3, -0.25) is 9.59 Å². The summed E-state index contributed by atoms with van der Waals surface area (Å²) in [5.41, 5.74) is 11.9. The third kappa shape index (κ3) is 6.62. The van der Waals surface area contributed by atoms with Crippen molar-refractivity contribution in [2.45, 2.75) is 57.5 Å². The van der Waals surface area contributed by atoms with E-state index in [0.29, 0.717) is 31.0 Å². The number of aliphatic hydroxyl groups excluding tert-OH is 1. The number of para-hydroxylation sites is 1. The Labute approximate surface area is 224 Å². The number of carbonyl (C=O) groups excluding carboxylic acids is 2. The van der Waals surface area contributed by atoms with Crippen LogP contribution in [0.3, 0.4) is 0 Å². The molecule has 2 aromatic carbocycles. The van der Waals surface area contributed by atoms with Gasteiger partial charge in [-0.1, -0.05) is 30.3 Å². The van der Waals surface area contributed by atoms with Gasteiger partial charge in [0.05, 0.1) is 0 Å². The first-order chi connectivity index (χ1) is 18.4. The number of hydrogen-bond donors (Lipinski definition) is 3. The minimum atomic E-state index is -0.554. The number of anilines is 1. The molecule has 2 atom stereocenters. The maximum absolute atomic E-state index is 13.3. The van der Waals surface area contributed by atoms with Crippen LogP contribution in [0.2, 0.25) is 0 Å². The summed E-state index contributed by atoms with van der Waals surface area (Å²) in [6.45, 7) is 4.76. The Kier molecular flexibility index (Phi) is 9.55. The van der Waals surface area contributed by atoms with Crippen LogP contribution in [0.25, 0.3) is 10.9 Å². The number of aromatic nitrogens is 1. The van der Waals surface area contributed by atoms with E-state index in [0.717, 1.165) is 44.5 Å². The van der Waals surface area contributed by atoms with Crippen molar-refractivity contribution < 1.29 is 19.4 Å². The first-order valence-corrected chi connectivity index (χ1v) is 13.5. The van der Waals surface area contributed by atoms with E-state index in [1.807, 2.05) is 17.0 Å². The Bertz CT molecular complexity index is 1240. The number of nitrogens with one attached hydrogen (secondary N) is 1. The maximum atomic E-state index is 13.3. The standard InChI is InChI=1S/C30H40N4O4/c1-21-26-8-3-4-9-27(26)34(15-6-16-38-2)30(21)23-7-5-14-33(19-23)29(37)18-24(31)17-22-10-12-25(13-11-22)32-28(36)20-35/h3-4,8-13,23-24,35H,5-7,14-20,31H2,1-2H3,(H,32,36)/t23?,24-/m1/s1. The summed E-state index contributed by atoms with van der Waals surface area (Å²) in [7, 11) is 1.74. The number of ether oxygens (including phenoxy) is 1. The first kappa shape index (κ1) is 27.8. The molecule has 0 spiro atoms. The van der Waals surface area contributed by atoms with Gasteiger partial charge in [-0.2, -0.15) is 0 Å². The second-order valence-electron chi connectivity index (χ2n) is 10.3. The summed E-state index contributed by atoms with van der Waals surface area (Å²) < 4.78 is 7.76. The Hall–Kier alpha value is -3.20. The lowest BCUT2D eigenvalue weighted by Gasteiger charge is -2.34. The molecule has 38 heavy (non-hydrogen) atoms. The predicted molar refractivity (Wildman–Crippen MR) is 150 cm³/mol. The number of aryl methyl sites for hydroxylation is 2. The summed E-state index contributed by atoms with van der Waals surface area (Å²) in [5, 5.41) is 12.8. The molecule has 1 aliphatic heterocycles. The van der Waals surface area contributed by atoms with Crippen LogP contribution in [0.5, 0.6) is 0 Å². The molecule has 1 aliphatic rings. The minimum absolute atomic E-state index is 0.105. The van der Waals surface area contributed by atoms with Crippen molar-refractivity contribution in [1.29, 1.82) is 0 Å². The topological polar surface area (TPSA) is 110 Å². The molecule has 0 aliphatic carbocycles. The molecule has 204 valence electrons. The van der Waals surface area contributed by atoms with Crippen molar-refractivity contribution in [2.24, 2.45) is 5.73 Å². The van der Waals surface area contributed by atoms with Gasteiger partial charge in [0.25, 0.3) is 0 Å². The number of carbonyl (C=O) groups is 2.